The SMILES string of the molecule is O=C(O)c1ccc2c(c1)CCCN2CCc1ccsc1. The maximum atomic E-state index is 11.0. The summed E-state index contributed by atoms with van der Waals surface area (Å²) in [5, 5.41) is 13.4. The normalized spacial score (nSPS) is 14.1. The third kappa shape index (κ3) is 2.70. The van der Waals surface area contributed by atoms with Crippen molar-refractivity contribution in [2.24, 2.45) is 0 Å². The Balaban J connectivity index is 1.77. The Bertz CT molecular complexity index is 607. The highest BCUT2D eigenvalue weighted by Gasteiger charge is 2.18. The lowest BCUT2D eigenvalue weighted by molar-refractivity contribution is 0.0697. The molecule has 0 amide bonds. The molecule has 4 heteroatoms. The molecule has 2 heterocycles. The zero-order chi connectivity index (χ0) is 13.9. The predicted molar refractivity (Wildman–Crippen MR) is 82.0 cm³/mol. The van der Waals surface area contributed by atoms with Crippen molar-refractivity contribution in [2.75, 3.05) is 18.0 Å². The van der Waals surface area contributed by atoms with E-state index >= 15 is 0 Å². The minimum Gasteiger partial charge on any atom is -0.478 e. The average molecular weight is 287 g/mol. The van der Waals surface area contributed by atoms with Crippen molar-refractivity contribution < 1.29 is 9.90 Å². The van der Waals surface area contributed by atoms with E-state index in [9.17, 15) is 4.79 Å². The molecule has 0 fully saturated rings. The topological polar surface area (TPSA) is 40.5 Å². The van der Waals surface area contributed by atoms with Crippen LogP contribution >= 0.6 is 11.3 Å². The van der Waals surface area contributed by atoms with Gasteiger partial charge in [-0.1, -0.05) is 0 Å². The van der Waals surface area contributed by atoms with E-state index in [1.165, 1.54) is 16.8 Å². The van der Waals surface area contributed by atoms with Crippen LogP contribution in [0.2, 0.25) is 0 Å². The number of aromatic carboxylic acids is 1. The molecular formula is C16H17NO2S. The lowest BCUT2D eigenvalue weighted by atomic mass is 9.99. The van der Waals surface area contributed by atoms with Crippen LogP contribution in [0.5, 0.6) is 0 Å². The van der Waals surface area contributed by atoms with Gasteiger partial charge in [-0.05, 0) is 65.4 Å². The highest BCUT2D eigenvalue weighted by atomic mass is 32.1. The molecule has 1 aliphatic rings. The first kappa shape index (κ1) is 13.2. The van der Waals surface area contributed by atoms with Crippen LogP contribution in [-0.4, -0.2) is 24.2 Å². The van der Waals surface area contributed by atoms with E-state index in [1.54, 1.807) is 17.4 Å². The number of aryl methyl sites for hydroxylation is 1. The van der Waals surface area contributed by atoms with Crippen molar-refractivity contribution in [3.8, 4) is 0 Å². The molecule has 2 aromatic rings. The summed E-state index contributed by atoms with van der Waals surface area (Å²) >= 11 is 1.73. The Morgan fingerprint density at radius 3 is 3.00 bits per heavy atom. The molecule has 1 N–H and O–H groups in total. The van der Waals surface area contributed by atoms with Gasteiger partial charge < -0.3 is 10.0 Å². The van der Waals surface area contributed by atoms with Gasteiger partial charge in [-0.15, -0.1) is 0 Å². The number of hydrogen-bond donors (Lipinski definition) is 1. The number of fused-ring (bicyclic) bond motifs is 1. The molecule has 20 heavy (non-hydrogen) atoms. The molecule has 3 nitrogen and oxygen atoms in total. The second-order valence-electron chi connectivity index (χ2n) is 5.12. The highest BCUT2D eigenvalue weighted by molar-refractivity contribution is 7.07. The molecule has 1 aliphatic heterocycles. The van der Waals surface area contributed by atoms with Crippen molar-refractivity contribution in [2.45, 2.75) is 19.3 Å². The highest BCUT2D eigenvalue weighted by Crippen LogP contribution is 2.28. The third-order valence-electron chi connectivity index (χ3n) is 3.79. The van der Waals surface area contributed by atoms with E-state index in [1.807, 2.05) is 12.1 Å². The number of benzene rings is 1. The van der Waals surface area contributed by atoms with Crippen molar-refractivity contribution >= 4 is 23.0 Å². The van der Waals surface area contributed by atoms with Gasteiger partial charge in [0.15, 0.2) is 0 Å². The fraction of sp³-hybridized carbons (Fsp3) is 0.312. The summed E-state index contributed by atoms with van der Waals surface area (Å²) in [6.07, 6.45) is 3.12. The van der Waals surface area contributed by atoms with E-state index in [0.717, 1.165) is 32.4 Å². The summed E-state index contributed by atoms with van der Waals surface area (Å²) in [7, 11) is 0. The first-order valence-electron chi connectivity index (χ1n) is 6.86. The monoisotopic (exact) mass is 287 g/mol. The lowest BCUT2D eigenvalue weighted by Crippen LogP contribution is -2.31. The van der Waals surface area contributed by atoms with Crippen molar-refractivity contribution in [1.82, 2.24) is 0 Å². The van der Waals surface area contributed by atoms with E-state index in [-0.39, 0.29) is 0 Å². The van der Waals surface area contributed by atoms with Crippen LogP contribution in [0, 0.1) is 0 Å². The van der Waals surface area contributed by atoms with Gasteiger partial charge in [-0.2, -0.15) is 11.3 Å². The number of carboxylic acids is 1. The number of hydrogen-bond acceptors (Lipinski definition) is 3. The third-order valence-corrected chi connectivity index (χ3v) is 4.52. The molecule has 0 saturated heterocycles. The number of rotatable bonds is 4. The molecule has 0 spiro atoms. The number of nitrogens with zero attached hydrogens (tertiary/aromatic N) is 1. The zero-order valence-corrected chi connectivity index (χ0v) is 12.0. The second-order valence-corrected chi connectivity index (χ2v) is 5.90. The first-order valence-corrected chi connectivity index (χ1v) is 7.80. The molecule has 0 atom stereocenters. The molecule has 0 radical (unpaired) electrons. The Labute approximate surface area is 122 Å². The van der Waals surface area contributed by atoms with Crippen LogP contribution in [0.1, 0.15) is 27.9 Å². The maximum Gasteiger partial charge on any atom is 0.335 e. The molecule has 0 unspecified atom stereocenters. The summed E-state index contributed by atoms with van der Waals surface area (Å²) in [5.41, 5.74) is 4.14. The fourth-order valence-corrected chi connectivity index (χ4v) is 3.44. The van der Waals surface area contributed by atoms with Crippen LogP contribution in [0.15, 0.2) is 35.0 Å². The number of thiophene rings is 1. The Hall–Kier alpha value is -1.81. The van der Waals surface area contributed by atoms with E-state index < -0.39 is 5.97 Å². The quantitative estimate of drug-likeness (QED) is 0.936. The van der Waals surface area contributed by atoms with Crippen LogP contribution in [0.3, 0.4) is 0 Å². The molecule has 104 valence electrons. The maximum absolute atomic E-state index is 11.0. The van der Waals surface area contributed by atoms with Crippen molar-refractivity contribution in [1.29, 1.82) is 0 Å². The summed E-state index contributed by atoms with van der Waals surface area (Å²) in [5.74, 6) is -0.844. The Morgan fingerprint density at radius 1 is 1.35 bits per heavy atom. The second kappa shape index (κ2) is 5.67. The van der Waals surface area contributed by atoms with Crippen LogP contribution in [0.4, 0.5) is 5.69 Å². The minimum absolute atomic E-state index is 0.392. The van der Waals surface area contributed by atoms with Crippen molar-refractivity contribution in [3.63, 3.8) is 0 Å². The van der Waals surface area contributed by atoms with Gasteiger partial charge in [0.1, 0.15) is 0 Å². The van der Waals surface area contributed by atoms with E-state index in [2.05, 4.69) is 21.7 Å². The number of carbonyl (C=O) groups is 1. The number of anilines is 1. The molecule has 0 saturated carbocycles. The van der Waals surface area contributed by atoms with Gasteiger partial charge in [0.05, 0.1) is 5.56 Å². The predicted octanol–water partition coefficient (Wildman–Crippen LogP) is 3.44. The molecule has 1 aromatic carbocycles. The van der Waals surface area contributed by atoms with Gasteiger partial charge in [0, 0.05) is 18.8 Å². The molecule has 3 rings (SSSR count). The smallest absolute Gasteiger partial charge is 0.335 e. The Morgan fingerprint density at radius 2 is 2.25 bits per heavy atom. The summed E-state index contributed by atoms with van der Waals surface area (Å²) in [4.78, 5) is 13.4. The van der Waals surface area contributed by atoms with Gasteiger partial charge in [0.2, 0.25) is 0 Å². The van der Waals surface area contributed by atoms with E-state index in [4.69, 9.17) is 5.11 Å². The van der Waals surface area contributed by atoms with Crippen LogP contribution < -0.4 is 4.90 Å². The zero-order valence-electron chi connectivity index (χ0n) is 11.2. The Kier molecular flexibility index (Phi) is 3.74. The summed E-state index contributed by atoms with van der Waals surface area (Å²) in [6.45, 7) is 2.06. The molecular weight excluding hydrogens is 270 g/mol. The standard InChI is InChI=1S/C16H17NO2S/c18-16(19)14-3-4-15-13(10-14)2-1-7-17(15)8-5-12-6-9-20-11-12/h3-4,6,9-11H,1-2,5,7-8H2,(H,18,19). The van der Waals surface area contributed by atoms with Crippen LogP contribution in [0.25, 0.3) is 0 Å². The first-order chi connectivity index (χ1) is 9.74. The summed E-state index contributed by atoms with van der Waals surface area (Å²) in [6, 6.07) is 7.67. The molecule has 0 bridgehead atoms. The van der Waals surface area contributed by atoms with Crippen LogP contribution in [-0.2, 0) is 12.8 Å². The van der Waals surface area contributed by atoms with Gasteiger partial charge >= 0.3 is 5.97 Å². The number of carboxylic acid groups (broad SMARTS) is 1. The van der Waals surface area contributed by atoms with Gasteiger partial charge in [-0.25, -0.2) is 4.79 Å². The van der Waals surface area contributed by atoms with E-state index in [0.29, 0.717) is 5.56 Å². The van der Waals surface area contributed by atoms with Crippen molar-refractivity contribution in [3.05, 3.63) is 51.7 Å². The fourth-order valence-electron chi connectivity index (χ4n) is 2.74. The summed E-state index contributed by atoms with van der Waals surface area (Å²) < 4.78 is 0. The largest absolute Gasteiger partial charge is 0.478 e. The molecule has 1 aromatic heterocycles. The minimum atomic E-state index is -0.844. The average Bonchev–Trinajstić information content (AvgIpc) is 2.97. The van der Waals surface area contributed by atoms with Gasteiger partial charge in [-0.3, -0.25) is 0 Å². The molecule has 0 aliphatic carbocycles. The lowest BCUT2D eigenvalue weighted by Gasteiger charge is -2.31. The van der Waals surface area contributed by atoms with Gasteiger partial charge in [0.25, 0.3) is 0 Å².